The van der Waals surface area contributed by atoms with E-state index in [1.807, 2.05) is 0 Å². The Balaban J connectivity index is 2.59. The lowest BCUT2D eigenvalue weighted by Crippen LogP contribution is -2.42. The smallest absolute Gasteiger partial charge is 0.308 e. The van der Waals surface area contributed by atoms with Gasteiger partial charge in [-0.25, -0.2) is 0 Å². The highest BCUT2D eigenvalue weighted by atomic mass is 16.4. The second kappa shape index (κ2) is 4.30. The summed E-state index contributed by atoms with van der Waals surface area (Å²) in [5, 5.41) is 12.2. The molecule has 1 fully saturated rings. The molecule has 1 saturated heterocycles. The lowest BCUT2D eigenvalue weighted by molar-refractivity contribution is -0.144. The van der Waals surface area contributed by atoms with Gasteiger partial charge in [0, 0.05) is 6.54 Å². The predicted octanol–water partition coefficient (Wildman–Crippen LogP) is 1.73. The standard InChI is InChI=1S/C11H21NO2/c1-11(2,3)6-8-4-5-12-7-9(8)10(13)14/h8-9,12H,4-7H2,1-3H3,(H,13,14). The third-order valence-corrected chi connectivity index (χ3v) is 2.82. The number of carboxylic acid groups (broad SMARTS) is 1. The minimum atomic E-state index is -0.647. The molecule has 0 aliphatic carbocycles. The first-order valence-electron chi connectivity index (χ1n) is 5.34. The fourth-order valence-electron chi connectivity index (χ4n) is 2.23. The van der Waals surface area contributed by atoms with E-state index in [9.17, 15) is 4.79 Å². The maximum absolute atomic E-state index is 11.0. The average molecular weight is 199 g/mol. The largest absolute Gasteiger partial charge is 0.481 e. The Bertz CT molecular complexity index is 208. The first-order valence-corrected chi connectivity index (χ1v) is 5.34. The minimum absolute atomic E-state index is 0.192. The zero-order chi connectivity index (χ0) is 10.8. The fourth-order valence-corrected chi connectivity index (χ4v) is 2.23. The highest BCUT2D eigenvalue weighted by Crippen LogP contribution is 2.32. The van der Waals surface area contributed by atoms with Gasteiger partial charge in [-0.3, -0.25) is 4.79 Å². The summed E-state index contributed by atoms with van der Waals surface area (Å²) in [6, 6.07) is 0. The normalized spacial score (nSPS) is 28.8. The van der Waals surface area contributed by atoms with E-state index in [-0.39, 0.29) is 11.3 Å². The van der Waals surface area contributed by atoms with Gasteiger partial charge in [-0.05, 0) is 30.7 Å². The van der Waals surface area contributed by atoms with Gasteiger partial charge in [-0.2, -0.15) is 0 Å². The van der Waals surface area contributed by atoms with Crippen LogP contribution in [0, 0.1) is 17.3 Å². The molecule has 0 aromatic heterocycles. The molecule has 0 radical (unpaired) electrons. The van der Waals surface area contributed by atoms with E-state index in [0.29, 0.717) is 12.5 Å². The van der Waals surface area contributed by atoms with Crippen molar-refractivity contribution in [3.63, 3.8) is 0 Å². The van der Waals surface area contributed by atoms with E-state index < -0.39 is 5.97 Å². The van der Waals surface area contributed by atoms with Crippen LogP contribution in [0.5, 0.6) is 0 Å². The number of carbonyl (C=O) groups is 1. The molecule has 1 heterocycles. The number of aliphatic carboxylic acids is 1. The third-order valence-electron chi connectivity index (χ3n) is 2.82. The molecule has 82 valence electrons. The zero-order valence-corrected chi connectivity index (χ0v) is 9.34. The highest BCUT2D eigenvalue weighted by Gasteiger charge is 2.33. The highest BCUT2D eigenvalue weighted by molar-refractivity contribution is 5.70. The first kappa shape index (κ1) is 11.5. The van der Waals surface area contributed by atoms with Crippen LogP contribution in [0.15, 0.2) is 0 Å². The zero-order valence-electron chi connectivity index (χ0n) is 9.34. The Labute approximate surface area is 85.9 Å². The van der Waals surface area contributed by atoms with Crippen molar-refractivity contribution in [1.29, 1.82) is 0 Å². The van der Waals surface area contributed by atoms with Crippen LogP contribution in [0.4, 0.5) is 0 Å². The van der Waals surface area contributed by atoms with E-state index in [2.05, 4.69) is 26.1 Å². The number of nitrogens with one attached hydrogen (secondary N) is 1. The van der Waals surface area contributed by atoms with E-state index in [0.717, 1.165) is 19.4 Å². The van der Waals surface area contributed by atoms with Crippen molar-refractivity contribution >= 4 is 5.97 Å². The van der Waals surface area contributed by atoms with Crippen LogP contribution in [-0.4, -0.2) is 24.2 Å². The monoisotopic (exact) mass is 199 g/mol. The lowest BCUT2D eigenvalue weighted by Gasteiger charge is -2.33. The van der Waals surface area contributed by atoms with E-state index >= 15 is 0 Å². The van der Waals surface area contributed by atoms with Gasteiger partial charge in [0.15, 0.2) is 0 Å². The molecular formula is C11H21NO2. The summed E-state index contributed by atoms with van der Waals surface area (Å²) in [4.78, 5) is 11.0. The predicted molar refractivity (Wildman–Crippen MR) is 56.2 cm³/mol. The summed E-state index contributed by atoms with van der Waals surface area (Å²) < 4.78 is 0. The fraction of sp³-hybridized carbons (Fsp3) is 0.909. The van der Waals surface area contributed by atoms with Crippen LogP contribution in [0.1, 0.15) is 33.6 Å². The van der Waals surface area contributed by atoms with Gasteiger partial charge in [0.25, 0.3) is 0 Å². The van der Waals surface area contributed by atoms with Crippen LogP contribution in [-0.2, 0) is 4.79 Å². The second-order valence-corrected chi connectivity index (χ2v) is 5.46. The summed E-state index contributed by atoms with van der Waals surface area (Å²) in [5.41, 5.74) is 0.232. The number of hydrogen-bond acceptors (Lipinski definition) is 2. The molecule has 3 heteroatoms. The Morgan fingerprint density at radius 1 is 1.50 bits per heavy atom. The molecule has 2 unspecified atom stereocenters. The van der Waals surface area contributed by atoms with E-state index in [1.165, 1.54) is 0 Å². The first-order chi connectivity index (χ1) is 6.40. The van der Waals surface area contributed by atoms with Gasteiger partial charge in [0.2, 0.25) is 0 Å². The number of rotatable bonds is 2. The van der Waals surface area contributed by atoms with E-state index in [1.54, 1.807) is 0 Å². The SMILES string of the molecule is CC(C)(C)CC1CCNCC1C(=O)O. The van der Waals surface area contributed by atoms with Crippen molar-refractivity contribution in [3.05, 3.63) is 0 Å². The Hall–Kier alpha value is -0.570. The molecule has 0 aromatic carbocycles. The molecule has 0 amide bonds. The molecule has 1 aliphatic rings. The van der Waals surface area contributed by atoms with Crippen LogP contribution < -0.4 is 5.32 Å². The number of piperidine rings is 1. The Morgan fingerprint density at radius 2 is 2.14 bits per heavy atom. The maximum atomic E-state index is 11.0. The van der Waals surface area contributed by atoms with Gasteiger partial charge in [-0.15, -0.1) is 0 Å². The molecule has 1 aliphatic heterocycles. The van der Waals surface area contributed by atoms with Crippen molar-refractivity contribution < 1.29 is 9.90 Å². The third kappa shape index (κ3) is 3.29. The van der Waals surface area contributed by atoms with Crippen molar-refractivity contribution in [2.24, 2.45) is 17.3 Å². The van der Waals surface area contributed by atoms with Crippen molar-refractivity contribution in [2.45, 2.75) is 33.6 Å². The Morgan fingerprint density at radius 3 is 2.64 bits per heavy atom. The molecule has 2 N–H and O–H groups in total. The molecule has 0 saturated carbocycles. The molecule has 0 spiro atoms. The summed E-state index contributed by atoms with van der Waals surface area (Å²) >= 11 is 0. The van der Waals surface area contributed by atoms with Gasteiger partial charge in [-0.1, -0.05) is 20.8 Å². The molecule has 0 aromatic rings. The van der Waals surface area contributed by atoms with Gasteiger partial charge in [0.05, 0.1) is 5.92 Å². The van der Waals surface area contributed by atoms with Crippen molar-refractivity contribution in [3.8, 4) is 0 Å². The molecule has 14 heavy (non-hydrogen) atoms. The molecule has 3 nitrogen and oxygen atoms in total. The second-order valence-electron chi connectivity index (χ2n) is 5.46. The number of hydrogen-bond donors (Lipinski definition) is 2. The van der Waals surface area contributed by atoms with Crippen molar-refractivity contribution in [2.75, 3.05) is 13.1 Å². The summed E-state index contributed by atoms with van der Waals surface area (Å²) in [6.45, 7) is 8.12. The Kier molecular flexibility index (Phi) is 3.53. The van der Waals surface area contributed by atoms with Gasteiger partial charge < -0.3 is 10.4 Å². The van der Waals surface area contributed by atoms with Gasteiger partial charge >= 0.3 is 5.97 Å². The summed E-state index contributed by atoms with van der Waals surface area (Å²) in [5.74, 6) is -0.497. The summed E-state index contributed by atoms with van der Waals surface area (Å²) in [7, 11) is 0. The van der Waals surface area contributed by atoms with Gasteiger partial charge in [0.1, 0.15) is 0 Å². The quantitative estimate of drug-likeness (QED) is 0.712. The number of carboxylic acids is 1. The topological polar surface area (TPSA) is 49.3 Å². The molecule has 2 atom stereocenters. The van der Waals surface area contributed by atoms with Crippen LogP contribution in [0.25, 0.3) is 0 Å². The lowest BCUT2D eigenvalue weighted by atomic mass is 9.75. The summed E-state index contributed by atoms with van der Waals surface area (Å²) in [6.07, 6.45) is 2.00. The van der Waals surface area contributed by atoms with Crippen LogP contribution in [0.2, 0.25) is 0 Å². The van der Waals surface area contributed by atoms with Crippen LogP contribution >= 0.6 is 0 Å². The maximum Gasteiger partial charge on any atom is 0.308 e. The van der Waals surface area contributed by atoms with E-state index in [4.69, 9.17) is 5.11 Å². The van der Waals surface area contributed by atoms with Crippen molar-refractivity contribution in [1.82, 2.24) is 5.32 Å². The molecule has 1 rings (SSSR count). The molecular weight excluding hydrogens is 178 g/mol. The minimum Gasteiger partial charge on any atom is -0.481 e. The molecule has 0 bridgehead atoms. The average Bonchev–Trinajstić information content (AvgIpc) is 2.01. The van der Waals surface area contributed by atoms with Crippen LogP contribution in [0.3, 0.4) is 0 Å².